The highest BCUT2D eigenvalue weighted by molar-refractivity contribution is 7.14. The third-order valence-corrected chi connectivity index (χ3v) is 3.79. The summed E-state index contributed by atoms with van der Waals surface area (Å²) in [5.74, 6) is 0. The number of nitrogens with one attached hydrogen (secondary N) is 1. The van der Waals surface area contributed by atoms with Gasteiger partial charge in [-0.15, -0.1) is 10.2 Å². The Balaban J connectivity index is 2.35. The van der Waals surface area contributed by atoms with E-state index in [9.17, 15) is 10.1 Å². The molecule has 0 fully saturated rings. The van der Waals surface area contributed by atoms with E-state index < -0.39 is 4.92 Å². The molecular weight excluding hydrogens is 264 g/mol. The van der Waals surface area contributed by atoms with E-state index >= 15 is 0 Å². The summed E-state index contributed by atoms with van der Waals surface area (Å²) in [5.41, 5.74) is 0.571. The number of nitro groups is 1. The molecule has 19 heavy (non-hydrogen) atoms. The fraction of sp³-hybridized carbons (Fsp3) is 0.333. The highest BCUT2D eigenvalue weighted by atomic mass is 32.1. The van der Waals surface area contributed by atoms with Crippen LogP contribution >= 0.6 is 11.3 Å². The predicted molar refractivity (Wildman–Crippen MR) is 74.1 cm³/mol. The van der Waals surface area contributed by atoms with Crippen molar-refractivity contribution in [2.45, 2.75) is 19.9 Å². The molecule has 1 unspecified atom stereocenters. The molecule has 0 saturated carbocycles. The molecule has 1 aromatic carbocycles. The van der Waals surface area contributed by atoms with Crippen molar-refractivity contribution in [2.75, 3.05) is 6.54 Å². The lowest BCUT2D eigenvalue weighted by Gasteiger charge is -2.06. The largest absolute Gasteiger partial charge is 0.308 e. The molecular formula is C12H14N4O2S. The molecule has 100 valence electrons. The van der Waals surface area contributed by atoms with Crippen molar-refractivity contribution in [2.24, 2.45) is 0 Å². The molecule has 2 rings (SSSR count). The van der Waals surface area contributed by atoms with Gasteiger partial charge in [-0.05, 0) is 19.5 Å². The number of nitro benzene ring substituents is 1. The lowest BCUT2D eigenvalue weighted by atomic mass is 10.2. The summed E-state index contributed by atoms with van der Waals surface area (Å²) in [7, 11) is 0. The molecule has 1 heterocycles. The first-order valence-electron chi connectivity index (χ1n) is 5.94. The average molecular weight is 278 g/mol. The van der Waals surface area contributed by atoms with Gasteiger partial charge in [-0.2, -0.15) is 0 Å². The molecule has 2 aromatic rings. The van der Waals surface area contributed by atoms with Crippen LogP contribution in [0, 0.1) is 10.1 Å². The zero-order valence-electron chi connectivity index (χ0n) is 10.7. The van der Waals surface area contributed by atoms with Crippen LogP contribution in [0.2, 0.25) is 0 Å². The Hall–Kier alpha value is -1.86. The smallest absolute Gasteiger partial charge is 0.279 e. The van der Waals surface area contributed by atoms with E-state index in [-0.39, 0.29) is 11.7 Å². The minimum Gasteiger partial charge on any atom is -0.308 e. The van der Waals surface area contributed by atoms with Crippen LogP contribution in [0.15, 0.2) is 24.3 Å². The molecule has 6 nitrogen and oxygen atoms in total. The molecule has 0 aliphatic heterocycles. The van der Waals surface area contributed by atoms with Gasteiger partial charge in [0.2, 0.25) is 0 Å². The Labute approximate surface area is 114 Å². The van der Waals surface area contributed by atoms with Crippen LogP contribution in [0.25, 0.3) is 10.6 Å². The van der Waals surface area contributed by atoms with Gasteiger partial charge in [0.1, 0.15) is 5.01 Å². The molecule has 0 spiro atoms. The number of aromatic nitrogens is 2. The van der Waals surface area contributed by atoms with E-state index in [1.807, 2.05) is 13.8 Å². The summed E-state index contributed by atoms with van der Waals surface area (Å²) in [6.45, 7) is 4.84. The number of nitrogens with zero attached hydrogens (tertiary/aromatic N) is 3. The van der Waals surface area contributed by atoms with E-state index in [0.717, 1.165) is 11.6 Å². The molecule has 1 N–H and O–H groups in total. The zero-order chi connectivity index (χ0) is 13.8. The molecule has 7 heteroatoms. The van der Waals surface area contributed by atoms with Gasteiger partial charge in [0.25, 0.3) is 5.69 Å². The minimum atomic E-state index is -0.399. The molecule has 0 aliphatic carbocycles. The van der Waals surface area contributed by atoms with Crippen LogP contribution in [-0.4, -0.2) is 21.7 Å². The maximum atomic E-state index is 11.0. The van der Waals surface area contributed by atoms with E-state index in [1.165, 1.54) is 17.4 Å². The first kappa shape index (κ1) is 13.6. The SMILES string of the molecule is CCNC(C)c1nnc(-c2ccccc2[N+](=O)[O-])s1. The van der Waals surface area contributed by atoms with Crippen LogP contribution in [0.3, 0.4) is 0 Å². The second-order valence-electron chi connectivity index (χ2n) is 4.00. The Bertz CT molecular complexity index is 585. The van der Waals surface area contributed by atoms with Gasteiger partial charge in [-0.3, -0.25) is 10.1 Å². The second-order valence-corrected chi connectivity index (χ2v) is 5.01. The molecule has 0 radical (unpaired) electrons. The summed E-state index contributed by atoms with van der Waals surface area (Å²) in [5, 5.41) is 23.8. The number of benzene rings is 1. The Morgan fingerprint density at radius 1 is 1.42 bits per heavy atom. The van der Waals surface area contributed by atoms with E-state index in [1.54, 1.807) is 18.2 Å². The van der Waals surface area contributed by atoms with Gasteiger partial charge < -0.3 is 5.32 Å². The van der Waals surface area contributed by atoms with E-state index in [4.69, 9.17) is 0 Å². The number of para-hydroxylation sites is 1. The summed E-state index contributed by atoms with van der Waals surface area (Å²) in [6.07, 6.45) is 0. The molecule has 0 amide bonds. The fourth-order valence-electron chi connectivity index (χ4n) is 1.73. The third kappa shape index (κ3) is 2.94. The summed E-state index contributed by atoms with van der Waals surface area (Å²) in [6, 6.07) is 6.67. The van der Waals surface area contributed by atoms with E-state index in [2.05, 4.69) is 15.5 Å². The lowest BCUT2D eigenvalue weighted by molar-refractivity contribution is -0.384. The molecule has 1 atom stereocenters. The van der Waals surface area contributed by atoms with Gasteiger partial charge in [0.05, 0.1) is 16.5 Å². The average Bonchev–Trinajstić information content (AvgIpc) is 2.88. The predicted octanol–water partition coefficient (Wildman–Crippen LogP) is 2.78. The van der Waals surface area contributed by atoms with Gasteiger partial charge >= 0.3 is 0 Å². The van der Waals surface area contributed by atoms with Crippen molar-refractivity contribution in [3.05, 3.63) is 39.4 Å². The highest BCUT2D eigenvalue weighted by Gasteiger charge is 2.19. The number of hydrogen-bond acceptors (Lipinski definition) is 6. The van der Waals surface area contributed by atoms with Gasteiger partial charge in [0, 0.05) is 6.07 Å². The lowest BCUT2D eigenvalue weighted by Crippen LogP contribution is -2.17. The fourth-order valence-corrected chi connectivity index (χ4v) is 2.63. The maximum absolute atomic E-state index is 11.0. The van der Waals surface area contributed by atoms with Crippen molar-refractivity contribution in [1.29, 1.82) is 0 Å². The topological polar surface area (TPSA) is 81.0 Å². The van der Waals surface area contributed by atoms with E-state index in [0.29, 0.717) is 10.6 Å². The Morgan fingerprint density at radius 3 is 2.84 bits per heavy atom. The summed E-state index contributed by atoms with van der Waals surface area (Å²) in [4.78, 5) is 10.6. The Kier molecular flexibility index (Phi) is 4.18. The maximum Gasteiger partial charge on any atom is 0.279 e. The monoisotopic (exact) mass is 278 g/mol. The zero-order valence-corrected chi connectivity index (χ0v) is 11.5. The van der Waals surface area contributed by atoms with Gasteiger partial charge in [-0.25, -0.2) is 0 Å². The minimum absolute atomic E-state index is 0.0568. The third-order valence-electron chi connectivity index (χ3n) is 2.65. The summed E-state index contributed by atoms with van der Waals surface area (Å²) >= 11 is 1.38. The Morgan fingerprint density at radius 2 is 2.16 bits per heavy atom. The number of rotatable bonds is 5. The molecule has 1 aromatic heterocycles. The van der Waals surface area contributed by atoms with Crippen molar-refractivity contribution >= 4 is 17.0 Å². The van der Waals surface area contributed by atoms with Crippen molar-refractivity contribution < 1.29 is 4.92 Å². The first-order valence-corrected chi connectivity index (χ1v) is 6.75. The highest BCUT2D eigenvalue weighted by Crippen LogP contribution is 2.32. The van der Waals surface area contributed by atoms with Crippen molar-refractivity contribution in [3.8, 4) is 10.6 Å². The second kappa shape index (κ2) is 5.85. The molecule has 0 saturated heterocycles. The van der Waals surface area contributed by atoms with Crippen molar-refractivity contribution in [1.82, 2.24) is 15.5 Å². The van der Waals surface area contributed by atoms with Crippen LogP contribution < -0.4 is 5.32 Å². The normalized spacial score (nSPS) is 12.3. The standard InChI is InChI=1S/C12H14N4O2S/c1-3-13-8(2)11-14-15-12(19-11)9-6-4-5-7-10(9)16(17)18/h4-8,13H,3H2,1-2H3. The van der Waals surface area contributed by atoms with Crippen molar-refractivity contribution in [3.63, 3.8) is 0 Å². The molecule has 0 bridgehead atoms. The van der Waals surface area contributed by atoms with Crippen LogP contribution in [0.1, 0.15) is 24.9 Å². The molecule has 0 aliphatic rings. The first-order chi connectivity index (χ1) is 9.13. The van der Waals surface area contributed by atoms with Crippen LogP contribution in [0.5, 0.6) is 0 Å². The van der Waals surface area contributed by atoms with Gasteiger partial charge in [0.15, 0.2) is 5.01 Å². The quantitative estimate of drug-likeness (QED) is 0.672. The van der Waals surface area contributed by atoms with Crippen LogP contribution in [0.4, 0.5) is 5.69 Å². The van der Waals surface area contributed by atoms with Crippen LogP contribution in [-0.2, 0) is 0 Å². The number of hydrogen-bond donors (Lipinski definition) is 1. The van der Waals surface area contributed by atoms with Gasteiger partial charge in [-0.1, -0.05) is 30.4 Å². The summed E-state index contributed by atoms with van der Waals surface area (Å²) < 4.78 is 0.